The molecule has 1 N–H and O–H groups in total. The lowest BCUT2D eigenvalue weighted by Gasteiger charge is -2.33. The van der Waals surface area contributed by atoms with Gasteiger partial charge in [0, 0.05) is 40.0 Å². The van der Waals surface area contributed by atoms with Crippen LogP contribution >= 0.6 is 0 Å². The van der Waals surface area contributed by atoms with Gasteiger partial charge in [-0.1, -0.05) is 0 Å². The molecule has 0 aromatic carbocycles. The molecule has 0 radical (unpaired) electrons. The van der Waals surface area contributed by atoms with Gasteiger partial charge in [-0.2, -0.15) is 5.10 Å². The number of carbonyl (C=O) groups excluding carboxylic acids is 1. The highest BCUT2D eigenvalue weighted by Gasteiger charge is 2.36. The maximum atomic E-state index is 12.4. The zero-order chi connectivity index (χ0) is 19.1. The van der Waals surface area contributed by atoms with E-state index in [4.69, 9.17) is 9.72 Å². The van der Waals surface area contributed by atoms with Crippen LogP contribution in [0.15, 0.2) is 18.5 Å². The Hall–Kier alpha value is -2.61. The largest absolute Gasteiger partial charge is 0.487 e. The lowest BCUT2D eigenvalue weighted by atomic mass is 10.1. The number of aryl methyl sites for hydroxylation is 2. The highest BCUT2D eigenvalue weighted by molar-refractivity contribution is 5.99. The monoisotopic (exact) mass is 371 g/mol. The number of hydrogen-bond donors (Lipinski definition) is 1. The minimum atomic E-state index is -0.363. The predicted molar refractivity (Wildman–Crippen MR) is 100.0 cm³/mol. The second-order valence-electron chi connectivity index (χ2n) is 7.33. The molecule has 1 atom stereocenters. The zero-order valence-electron chi connectivity index (χ0n) is 15.9. The molecule has 1 fully saturated rings. The third-order valence-corrected chi connectivity index (χ3v) is 5.45. The molecule has 0 unspecified atom stereocenters. The van der Waals surface area contributed by atoms with E-state index in [1.54, 1.807) is 22.8 Å². The topological polar surface area (TPSA) is 83.7 Å². The molecule has 27 heavy (non-hydrogen) atoms. The minimum Gasteiger partial charge on any atom is -0.487 e. The molecule has 2 aliphatic heterocycles. The molecule has 4 rings (SSSR count). The number of pyridine rings is 1. The fourth-order valence-corrected chi connectivity index (χ4v) is 3.92. The van der Waals surface area contributed by atoms with Crippen LogP contribution in [0.3, 0.4) is 0 Å². The smallest absolute Gasteiger partial charge is 0.256 e. The Morgan fingerprint density at radius 3 is 2.67 bits per heavy atom. The van der Waals surface area contributed by atoms with Crippen molar-refractivity contribution in [3.63, 3.8) is 0 Å². The van der Waals surface area contributed by atoms with Crippen LogP contribution in [-0.4, -0.2) is 63.5 Å². The SMILES string of the molecule is Cc1cc2c(nc1N1CCC(Oc3cnn(C)c3)CC1)[C@H](CO)N(C)C2=O. The number of aliphatic hydroxyl groups excluding tert-OH is 1. The maximum absolute atomic E-state index is 12.4. The summed E-state index contributed by atoms with van der Waals surface area (Å²) in [4.78, 5) is 21.0. The Bertz CT molecular complexity index is 857. The predicted octanol–water partition coefficient (Wildman–Crippen LogP) is 1.29. The lowest BCUT2D eigenvalue weighted by Crippen LogP contribution is -2.39. The van der Waals surface area contributed by atoms with Crippen molar-refractivity contribution in [1.29, 1.82) is 0 Å². The van der Waals surface area contributed by atoms with Crippen molar-refractivity contribution in [1.82, 2.24) is 19.7 Å². The molecule has 1 amide bonds. The van der Waals surface area contributed by atoms with E-state index in [2.05, 4.69) is 10.00 Å². The van der Waals surface area contributed by atoms with Crippen molar-refractivity contribution in [2.45, 2.75) is 31.9 Å². The molecule has 0 spiro atoms. The minimum absolute atomic E-state index is 0.0743. The van der Waals surface area contributed by atoms with E-state index in [0.29, 0.717) is 11.3 Å². The summed E-state index contributed by atoms with van der Waals surface area (Å²) < 4.78 is 7.75. The standard InChI is InChI=1S/C19H25N5O3/c1-12-8-15-17(16(11-25)23(3)19(15)26)21-18(12)24-6-4-13(5-7-24)27-14-9-20-22(2)10-14/h8-10,13,16,25H,4-7,11H2,1-3H3/t16-/m0/s1. The van der Waals surface area contributed by atoms with E-state index in [1.807, 2.05) is 26.2 Å². The van der Waals surface area contributed by atoms with E-state index in [0.717, 1.165) is 43.1 Å². The number of aliphatic hydroxyl groups is 1. The molecular formula is C19H25N5O3. The van der Waals surface area contributed by atoms with Crippen molar-refractivity contribution in [3.05, 3.63) is 35.3 Å². The summed E-state index contributed by atoms with van der Waals surface area (Å²) in [5.74, 6) is 1.63. The molecule has 0 saturated carbocycles. The molecule has 144 valence electrons. The summed E-state index contributed by atoms with van der Waals surface area (Å²) in [6.07, 6.45) is 5.57. The summed E-state index contributed by atoms with van der Waals surface area (Å²) in [6.45, 7) is 3.54. The van der Waals surface area contributed by atoms with E-state index in [1.165, 1.54) is 0 Å². The second kappa shape index (κ2) is 6.84. The molecular weight excluding hydrogens is 346 g/mol. The molecule has 1 saturated heterocycles. The third kappa shape index (κ3) is 3.14. The molecule has 0 aliphatic carbocycles. The Balaban J connectivity index is 1.49. The van der Waals surface area contributed by atoms with Crippen molar-refractivity contribution >= 4 is 11.7 Å². The van der Waals surface area contributed by atoms with Crippen LogP contribution in [0.4, 0.5) is 5.82 Å². The number of rotatable bonds is 4. The number of carbonyl (C=O) groups is 1. The summed E-state index contributed by atoms with van der Waals surface area (Å²) in [6, 6.07) is 1.54. The number of hydrogen-bond acceptors (Lipinski definition) is 6. The van der Waals surface area contributed by atoms with Crippen LogP contribution in [0, 0.1) is 6.92 Å². The van der Waals surface area contributed by atoms with E-state index in [9.17, 15) is 9.90 Å². The van der Waals surface area contributed by atoms with Gasteiger partial charge in [0.2, 0.25) is 0 Å². The normalized spacial score (nSPS) is 20.3. The molecule has 8 heteroatoms. The number of nitrogens with zero attached hydrogens (tertiary/aromatic N) is 5. The number of anilines is 1. The second-order valence-corrected chi connectivity index (χ2v) is 7.33. The van der Waals surface area contributed by atoms with Crippen molar-refractivity contribution in [2.24, 2.45) is 7.05 Å². The molecule has 4 heterocycles. The van der Waals surface area contributed by atoms with Gasteiger partial charge in [0.15, 0.2) is 5.75 Å². The van der Waals surface area contributed by atoms with Crippen LogP contribution in [-0.2, 0) is 7.05 Å². The summed E-state index contributed by atoms with van der Waals surface area (Å²) in [7, 11) is 3.58. The van der Waals surface area contributed by atoms with Crippen molar-refractivity contribution < 1.29 is 14.6 Å². The van der Waals surface area contributed by atoms with E-state index >= 15 is 0 Å². The van der Waals surface area contributed by atoms with E-state index < -0.39 is 0 Å². The van der Waals surface area contributed by atoms with E-state index in [-0.39, 0.29) is 24.7 Å². The molecule has 2 aromatic rings. The van der Waals surface area contributed by atoms with Gasteiger partial charge in [0.1, 0.15) is 11.9 Å². The first-order valence-corrected chi connectivity index (χ1v) is 9.27. The van der Waals surface area contributed by atoms with Gasteiger partial charge in [-0.05, 0) is 18.6 Å². The Morgan fingerprint density at radius 1 is 1.30 bits per heavy atom. The van der Waals surface area contributed by atoms with Gasteiger partial charge < -0.3 is 19.6 Å². The molecule has 8 nitrogen and oxygen atoms in total. The Labute approximate surface area is 158 Å². The van der Waals surface area contributed by atoms with Crippen LogP contribution in [0.1, 0.15) is 40.5 Å². The zero-order valence-corrected chi connectivity index (χ0v) is 15.9. The first kappa shape index (κ1) is 17.8. The number of aromatic nitrogens is 3. The number of ether oxygens (including phenoxy) is 1. The first-order chi connectivity index (χ1) is 13.0. The van der Waals surface area contributed by atoms with Gasteiger partial charge >= 0.3 is 0 Å². The van der Waals surface area contributed by atoms with Gasteiger partial charge in [-0.25, -0.2) is 4.98 Å². The van der Waals surface area contributed by atoms with Crippen LogP contribution in [0.25, 0.3) is 0 Å². The summed E-state index contributed by atoms with van der Waals surface area (Å²) >= 11 is 0. The molecule has 0 bridgehead atoms. The molecule has 2 aromatic heterocycles. The highest BCUT2D eigenvalue weighted by atomic mass is 16.5. The average molecular weight is 371 g/mol. The third-order valence-electron chi connectivity index (χ3n) is 5.45. The number of likely N-dealkylation sites (N-methyl/N-ethyl adjacent to an activating group) is 1. The summed E-state index contributed by atoms with van der Waals surface area (Å²) in [5.41, 5.74) is 2.27. The van der Waals surface area contributed by atoms with Crippen molar-refractivity contribution in [2.75, 3.05) is 31.6 Å². The lowest BCUT2D eigenvalue weighted by molar-refractivity contribution is 0.0715. The van der Waals surface area contributed by atoms with Crippen LogP contribution in [0.5, 0.6) is 5.75 Å². The van der Waals surface area contributed by atoms with Crippen LogP contribution in [0.2, 0.25) is 0 Å². The Morgan fingerprint density at radius 2 is 2.04 bits per heavy atom. The quantitative estimate of drug-likeness (QED) is 0.872. The average Bonchev–Trinajstić information content (AvgIpc) is 3.17. The van der Waals surface area contributed by atoms with Gasteiger partial charge in [-0.15, -0.1) is 0 Å². The maximum Gasteiger partial charge on any atom is 0.256 e. The number of amides is 1. The number of fused-ring (bicyclic) bond motifs is 1. The highest BCUT2D eigenvalue weighted by Crippen LogP contribution is 2.34. The first-order valence-electron chi connectivity index (χ1n) is 9.27. The number of piperidine rings is 1. The van der Waals surface area contributed by atoms with Gasteiger partial charge in [0.05, 0.1) is 36.3 Å². The fourth-order valence-electron chi connectivity index (χ4n) is 3.92. The van der Waals surface area contributed by atoms with Gasteiger partial charge in [-0.3, -0.25) is 9.48 Å². The fraction of sp³-hybridized carbons (Fsp3) is 0.526. The summed E-state index contributed by atoms with van der Waals surface area (Å²) in [5, 5.41) is 13.8. The molecule has 2 aliphatic rings. The Kier molecular flexibility index (Phi) is 4.51. The van der Waals surface area contributed by atoms with Crippen LogP contribution < -0.4 is 9.64 Å². The van der Waals surface area contributed by atoms with Crippen molar-refractivity contribution in [3.8, 4) is 5.75 Å². The van der Waals surface area contributed by atoms with Gasteiger partial charge in [0.25, 0.3) is 5.91 Å².